The van der Waals surface area contributed by atoms with Gasteiger partial charge in [-0.05, 0) is 156 Å². The maximum atomic E-state index is 6.43. The monoisotopic (exact) mass is 732 g/mol. The Labute approximate surface area is 333 Å². The molecule has 0 amide bonds. The molecule has 4 heteroatoms. The topological polar surface area (TPSA) is 19.6 Å². The first-order valence-electron chi connectivity index (χ1n) is 21.2. The second-order valence-electron chi connectivity index (χ2n) is 18.2. The highest BCUT2D eigenvalue weighted by atomic mass is 16.3. The molecule has 15 rings (SSSR count). The van der Waals surface area contributed by atoms with Gasteiger partial charge in [-0.15, -0.1) is 0 Å². The zero-order valence-corrected chi connectivity index (χ0v) is 32.1. The average molecular weight is 733 g/mol. The van der Waals surface area contributed by atoms with E-state index in [0.29, 0.717) is 11.8 Å². The highest BCUT2D eigenvalue weighted by molar-refractivity contribution is 7.00. The molecule has 8 aromatic rings. The summed E-state index contributed by atoms with van der Waals surface area (Å²) in [6.45, 7) is 2.27. The van der Waals surface area contributed by atoms with Crippen LogP contribution in [0.25, 0.3) is 33.1 Å². The number of para-hydroxylation sites is 3. The lowest BCUT2D eigenvalue weighted by Gasteiger charge is -2.64. The second-order valence-corrected chi connectivity index (χ2v) is 18.2. The molecule has 0 atom stereocenters. The van der Waals surface area contributed by atoms with Crippen LogP contribution in [0.5, 0.6) is 0 Å². The summed E-state index contributed by atoms with van der Waals surface area (Å²) < 4.78 is 6.43. The van der Waals surface area contributed by atoms with Crippen molar-refractivity contribution < 1.29 is 4.42 Å². The van der Waals surface area contributed by atoms with Crippen molar-refractivity contribution >= 4 is 79.2 Å². The molecular weight excluding hydrogens is 691 g/mol. The number of hydrogen-bond donors (Lipinski definition) is 0. The summed E-state index contributed by atoms with van der Waals surface area (Å²) in [6.07, 6.45) is 6.97. The molecular formula is C53H41BN2O. The fourth-order valence-corrected chi connectivity index (χ4v) is 13.6. The van der Waals surface area contributed by atoms with Crippen molar-refractivity contribution in [2.45, 2.75) is 44.4 Å². The number of furan rings is 1. The number of rotatable bonds is 2. The van der Waals surface area contributed by atoms with Gasteiger partial charge in [-0.2, -0.15) is 0 Å². The van der Waals surface area contributed by atoms with Gasteiger partial charge in [-0.3, -0.25) is 0 Å². The minimum Gasteiger partial charge on any atom is -0.456 e. The first-order valence-corrected chi connectivity index (χ1v) is 21.2. The molecule has 4 fully saturated rings. The molecule has 57 heavy (non-hydrogen) atoms. The summed E-state index contributed by atoms with van der Waals surface area (Å²) in [5.74, 6) is 3.21. The molecule has 7 aromatic carbocycles. The lowest BCUT2D eigenvalue weighted by Crippen LogP contribution is -2.64. The first-order chi connectivity index (χ1) is 28.1. The van der Waals surface area contributed by atoms with Crippen molar-refractivity contribution in [3.05, 3.63) is 162 Å². The van der Waals surface area contributed by atoms with E-state index in [9.17, 15) is 0 Å². The molecule has 272 valence electrons. The molecule has 3 aliphatic heterocycles. The Morgan fingerprint density at radius 1 is 0.526 bits per heavy atom. The number of fused-ring (bicyclic) bond motifs is 9. The number of anilines is 6. The van der Waals surface area contributed by atoms with Gasteiger partial charge in [0.25, 0.3) is 6.71 Å². The van der Waals surface area contributed by atoms with Gasteiger partial charge in [0.15, 0.2) is 0 Å². The van der Waals surface area contributed by atoms with E-state index in [0.717, 1.165) is 23.0 Å². The second kappa shape index (κ2) is 10.9. The van der Waals surface area contributed by atoms with Crippen LogP contribution in [0, 0.1) is 30.6 Å². The maximum absolute atomic E-state index is 6.43. The predicted molar refractivity (Wildman–Crippen MR) is 236 cm³/mol. The van der Waals surface area contributed by atoms with Crippen molar-refractivity contribution in [3.8, 4) is 11.1 Å². The fraction of sp³-hybridized carbons (Fsp3) is 0.208. The Hall–Kier alpha value is -6.00. The van der Waals surface area contributed by atoms with E-state index in [4.69, 9.17) is 4.42 Å². The van der Waals surface area contributed by atoms with Gasteiger partial charge in [0.05, 0.1) is 5.69 Å². The molecule has 0 saturated heterocycles. The number of aryl methyl sites for hydroxylation is 1. The van der Waals surface area contributed by atoms with Crippen molar-refractivity contribution in [2.24, 2.45) is 23.7 Å². The van der Waals surface area contributed by atoms with Crippen LogP contribution >= 0.6 is 0 Å². The molecule has 0 unspecified atom stereocenters. The van der Waals surface area contributed by atoms with Crippen LogP contribution in [0.2, 0.25) is 0 Å². The number of nitrogens with zero attached hydrogens (tertiary/aromatic N) is 2. The highest BCUT2D eigenvalue weighted by Gasteiger charge is 2.62. The first kappa shape index (κ1) is 31.1. The summed E-state index contributed by atoms with van der Waals surface area (Å²) >= 11 is 0. The third-order valence-corrected chi connectivity index (χ3v) is 15.5. The van der Waals surface area contributed by atoms with Crippen molar-refractivity contribution in [3.63, 3.8) is 0 Å². The van der Waals surface area contributed by atoms with Crippen molar-refractivity contribution in [1.29, 1.82) is 0 Å². The van der Waals surface area contributed by atoms with E-state index < -0.39 is 0 Å². The van der Waals surface area contributed by atoms with Gasteiger partial charge in [0.2, 0.25) is 0 Å². The fourth-order valence-electron chi connectivity index (χ4n) is 13.6. The van der Waals surface area contributed by atoms with Crippen molar-refractivity contribution in [1.82, 2.24) is 0 Å². The zero-order valence-electron chi connectivity index (χ0n) is 32.1. The Morgan fingerprint density at radius 2 is 1.19 bits per heavy atom. The molecule has 4 aliphatic carbocycles. The van der Waals surface area contributed by atoms with E-state index in [1.807, 2.05) is 0 Å². The highest BCUT2D eigenvalue weighted by Crippen LogP contribution is 2.69. The summed E-state index contributed by atoms with van der Waals surface area (Å²) in [7, 11) is 0. The van der Waals surface area contributed by atoms with Gasteiger partial charge >= 0.3 is 0 Å². The summed E-state index contributed by atoms with van der Waals surface area (Å²) in [5, 5.41) is 2.33. The summed E-state index contributed by atoms with van der Waals surface area (Å²) in [5.41, 5.74) is 20.9. The smallest absolute Gasteiger partial charge is 0.252 e. The third-order valence-electron chi connectivity index (χ3n) is 15.5. The quantitative estimate of drug-likeness (QED) is 0.165. The molecule has 0 N–H and O–H groups in total. The molecule has 4 bridgehead atoms. The molecule has 1 spiro atoms. The van der Waals surface area contributed by atoms with Crippen LogP contribution in [-0.4, -0.2) is 6.71 Å². The standard InChI is InChI=1S/C53H41BN2O/c1-31-16-20-38(21-17-31)55-46-23-19-34(35-18-22-40-39-8-2-5-15-49(39)57-50(40)30-35)29-44(46)54-43-11-6-10-42-52(43)56(48-14-7-13-47(55)51(48)54)45-12-4-3-9-41(45)53(42)36-25-32-24-33(27-36)28-37(53)26-32/h2-23,29-30,32-33,36-37H,24-28H2,1H3. The van der Waals surface area contributed by atoms with Crippen LogP contribution in [-0.2, 0) is 5.41 Å². The van der Waals surface area contributed by atoms with E-state index in [2.05, 4.69) is 162 Å². The van der Waals surface area contributed by atoms with Crippen LogP contribution < -0.4 is 26.2 Å². The molecule has 4 saturated carbocycles. The minimum atomic E-state index is 0.0657. The summed E-state index contributed by atoms with van der Waals surface area (Å²) in [4.78, 5) is 5.23. The predicted octanol–water partition coefficient (Wildman–Crippen LogP) is 11.7. The molecule has 3 nitrogen and oxygen atoms in total. The SMILES string of the molecule is Cc1ccc(N2c3ccc(-c4ccc5c(c4)oc4ccccc45)cc3B3c4cccc5c4N(c4ccccc4C54C5CC6CC(C5)CC4C6)c4cccc2c43)cc1. The van der Waals surface area contributed by atoms with Gasteiger partial charge in [0, 0.05) is 44.6 Å². The Balaban J connectivity index is 1.04. The van der Waals surface area contributed by atoms with E-state index in [1.165, 1.54) is 110 Å². The lowest BCUT2D eigenvalue weighted by atomic mass is 9.32. The lowest BCUT2D eigenvalue weighted by molar-refractivity contribution is -0.0419. The van der Waals surface area contributed by atoms with E-state index in [1.54, 1.807) is 11.1 Å². The van der Waals surface area contributed by atoms with Crippen LogP contribution in [0.1, 0.15) is 48.8 Å². The van der Waals surface area contributed by atoms with Crippen LogP contribution in [0.15, 0.2) is 150 Å². The van der Waals surface area contributed by atoms with E-state index in [-0.39, 0.29) is 12.1 Å². The summed E-state index contributed by atoms with van der Waals surface area (Å²) in [6, 6.07) is 55.6. The molecule has 7 aliphatic rings. The Kier molecular flexibility index (Phi) is 5.95. The normalized spacial score (nSPS) is 24.2. The van der Waals surface area contributed by atoms with Gasteiger partial charge in [0.1, 0.15) is 11.2 Å². The van der Waals surface area contributed by atoms with Crippen molar-refractivity contribution in [2.75, 3.05) is 9.80 Å². The van der Waals surface area contributed by atoms with Crippen LogP contribution in [0.4, 0.5) is 34.1 Å². The number of hydrogen-bond acceptors (Lipinski definition) is 3. The van der Waals surface area contributed by atoms with Crippen LogP contribution in [0.3, 0.4) is 0 Å². The number of benzene rings is 7. The molecule has 4 heterocycles. The van der Waals surface area contributed by atoms with E-state index >= 15 is 0 Å². The van der Waals surface area contributed by atoms with Gasteiger partial charge < -0.3 is 14.2 Å². The average Bonchev–Trinajstić information content (AvgIpc) is 3.62. The molecule has 0 radical (unpaired) electrons. The maximum Gasteiger partial charge on any atom is 0.252 e. The Morgan fingerprint density at radius 3 is 2.04 bits per heavy atom. The third kappa shape index (κ3) is 3.89. The van der Waals surface area contributed by atoms with Gasteiger partial charge in [-0.25, -0.2) is 0 Å². The van der Waals surface area contributed by atoms with Gasteiger partial charge in [-0.1, -0.05) is 96.6 Å². The zero-order chi connectivity index (χ0) is 37.1. The Bertz CT molecular complexity index is 3000. The molecule has 1 aromatic heterocycles. The minimum absolute atomic E-state index is 0.0657. The largest absolute Gasteiger partial charge is 0.456 e.